The molecule has 2 aliphatic rings. The first kappa shape index (κ1) is 47.5. The largest absolute Gasteiger partial charge is 0.478 e. The van der Waals surface area contributed by atoms with Crippen molar-refractivity contribution in [3.8, 4) is 0 Å². The van der Waals surface area contributed by atoms with Gasteiger partial charge in [0, 0.05) is 34.8 Å². The number of fused-ring (bicyclic) bond motifs is 2. The molecule has 0 saturated carbocycles. The fourth-order valence-corrected chi connectivity index (χ4v) is 6.68. The second kappa shape index (κ2) is 18.4. The number of carboxylic acids is 1. The summed E-state index contributed by atoms with van der Waals surface area (Å²) in [7, 11) is 0. The van der Waals surface area contributed by atoms with Crippen LogP contribution in [0.25, 0.3) is 24.3 Å². The van der Waals surface area contributed by atoms with Crippen molar-refractivity contribution >= 4 is 47.6 Å². The van der Waals surface area contributed by atoms with Gasteiger partial charge in [-0.15, -0.1) is 0 Å². The lowest BCUT2D eigenvalue weighted by molar-refractivity contribution is -0.144. The highest BCUT2D eigenvalue weighted by Gasteiger charge is 2.38. The third-order valence-electron chi connectivity index (χ3n) is 9.79. The molecule has 0 unspecified atom stereocenters. The number of allylic oxidation sites excluding steroid dienone is 3. The summed E-state index contributed by atoms with van der Waals surface area (Å²) in [6.45, 7) is 1.73. The molecule has 0 radical (unpaired) electrons. The Morgan fingerprint density at radius 1 is 0.508 bits per heavy atom. The highest BCUT2D eigenvalue weighted by Crippen LogP contribution is 2.39. The Labute approximate surface area is 350 Å². The minimum absolute atomic E-state index is 0.0339. The molecule has 63 heavy (non-hydrogen) atoms. The molecule has 0 aliphatic heterocycles. The Morgan fingerprint density at radius 3 is 1.17 bits per heavy atom. The van der Waals surface area contributed by atoms with Gasteiger partial charge in [0.25, 0.3) is 0 Å². The summed E-state index contributed by atoms with van der Waals surface area (Å²) in [5.74, 6) is -2.14. The van der Waals surface area contributed by atoms with Crippen molar-refractivity contribution in [2.24, 2.45) is 0 Å². The van der Waals surface area contributed by atoms with E-state index in [0.29, 0.717) is 65.8 Å². The van der Waals surface area contributed by atoms with Gasteiger partial charge in [0.2, 0.25) is 0 Å². The molecule has 17 heteroatoms. The van der Waals surface area contributed by atoms with Crippen molar-refractivity contribution in [1.29, 1.82) is 0 Å². The van der Waals surface area contributed by atoms with E-state index in [2.05, 4.69) is 0 Å². The van der Waals surface area contributed by atoms with Gasteiger partial charge in [-0.05, 0) is 120 Å². The van der Waals surface area contributed by atoms with Gasteiger partial charge in [-0.2, -0.15) is 52.7 Å². The molecular formula is C46H32F12O5. The number of Topliss-reactive ketones (excluding diaryl/α,β-unsaturated/α-hetero) is 2. The molecule has 330 valence electrons. The van der Waals surface area contributed by atoms with E-state index < -0.39 is 64.5 Å². The zero-order valence-corrected chi connectivity index (χ0v) is 32.5. The molecule has 0 aromatic heterocycles. The quantitative estimate of drug-likeness (QED) is 0.147. The van der Waals surface area contributed by atoms with Crippen LogP contribution in [0.5, 0.6) is 0 Å². The summed E-state index contributed by atoms with van der Waals surface area (Å²) < 4.78 is 157. The Hall–Kier alpha value is -6.52. The van der Waals surface area contributed by atoms with Gasteiger partial charge >= 0.3 is 30.7 Å². The first-order valence-corrected chi connectivity index (χ1v) is 18.7. The van der Waals surface area contributed by atoms with Gasteiger partial charge in [-0.25, -0.2) is 4.79 Å². The molecule has 0 fully saturated rings. The van der Waals surface area contributed by atoms with E-state index in [0.717, 1.165) is 23.8 Å². The zero-order chi connectivity index (χ0) is 46.7. The molecule has 6 rings (SSSR count). The van der Waals surface area contributed by atoms with Crippen LogP contribution in [0.1, 0.15) is 103 Å². The van der Waals surface area contributed by atoms with Crippen LogP contribution in [-0.2, 0) is 47.1 Å². The minimum atomic E-state index is -4.97. The van der Waals surface area contributed by atoms with Crippen LogP contribution in [0.15, 0.2) is 96.1 Å². The molecule has 0 heterocycles. The SMILES string of the molecule is CCC(=O)/C=C/c1ccc2c(c1)CC/C(=C\c1cc(C(F)(F)F)cc(C(F)(F)F)c1)C2=O.O=C(O)/C=C/c1ccc2c(c1)CC/C(=C\c1cc(C(F)(F)F)cc(C(F)(F)F)c1)C2=O. The van der Waals surface area contributed by atoms with E-state index in [-0.39, 0.29) is 58.6 Å². The number of aliphatic carboxylic acids is 1. The maximum atomic E-state index is 13.1. The van der Waals surface area contributed by atoms with E-state index >= 15 is 0 Å². The lowest BCUT2D eigenvalue weighted by Crippen LogP contribution is -2.15. The van der Waals surface area contributed by atoms with Gasteiger partial charge in [0.1, 0.15) is 0 Å². The van der Waals surface area contributed by atoms with Crippen LogP contribution in [0.4, 0.5) is 52.7 Å². The van der Waals surface area contributed by atoms with Crippen LogP contribution < -0.4 is 0 Å². The number of aryl methyl sites for hydroxylation is 2. The lowest BCUT2D eigenvalue weighted by Gasteiger charge is -2.19. The Balaban J connectivity index is 0.000000238. The molecule has 2 aliphatic carbocycles. The number of benzene rings is 4. The van der Waals surface area contributed by atoms with Gasteiger partial charge in [0.05, 0.1) is 22.3 Å². The predicted octanol–water partition coefficient (Wildman–Crippen LogP) is 13.0. The lowest BCUT2D eigenvalue weighted by atomic mass is 9.85. The topological polar surface area (TPSA) is 88.5 Å². The highest BCUT2D eigenvalue weighted by atomic mass is 19.4. The summed E-state index contributed by atoms with van der Waals surface area (Å²) in [6.07, 6.45) is -11.0. The summed E-state index contributed by atoms with van der Waals surface area (Å²) in [6, 6.07) is 11.9. The minimum Gasteiger partial charge on any atom is -0.478 e. The number of halogens is 12. The Kier molecular flexibility index (Phi) is 13.9. The first-order chi connectivity index (χ1) is 29.2. The van der Waals surface area contributed by atoms with Crippen LogP contribution in [0.2, 0.25) is 0 Å². The van der Waals surface area contributed by atoms with Crippen molar-refractivity contribution in [2.45, 2.75) is 63.7 Å². The monoisotopic (exact) mass is 892 g/mol. The summed E-state index contributed by atoms with van der Waals surface area (Å²) in [5, 5.41) is 8.68. The van der Waals surface area contributed by atoms with Gasteiger partial charge in [-0.3, -0.25) is 14.4 Å². The number of carbonyl (C=O) groups is 4. The van der Waals surface area contributed by atoms with Crippen LogP contribution in [0, 0.1) is 0 Å². The van der Waals surface area contributed by atoms with E-state index in [1.54, 1.807) is 37.3 Å². The standard InChI is InChI=1S/C24H18F6O2.C22H14F6O3/c1-2-20(31)7-3-14-4-8-21-16(9-14)5-6-17(22(21)32)10-15-11-18(23(25,26)27)13-19(12-15)24(28,29)30;23-21(24,25)16-9-13(10-17(11-16)22(26,27)28)8-15-4-3-14-7-12(2-6-19(29)30)1-5-18(14)20(15)31/h3-4,7-13H,2,5-6H2,1H3;1-2,5-11H,3-4H2,(H,29,30)/b7-3+,17-10+;6-2+,15-8+. The fraction of sp³-hybridized carbons (Fsp3) is 0.217. The van der Waals surface area contributed by atoms with E-state index in [4.69, 9.17) is 5.11 Å². The average Bonchev–Trinajstić information content (AvgIpc) is 3.20. The van der Waals surface area contributed by atoms with Gasteiger partial charge in [-0.1, -0.05) is 49.4 Å². The maximum Gasteiger partial charge on any atom is 0.416 e. The van der Waals surface area contributed by atoms with Crippen molar-refractivity contribution in [2.75, 3.05) is 0 Å². The summed E-state index contributed by atoms with van der Waals surface area (Å²) in [4.78, 5) is 47.6. The number of hydrogen-bond acceptors (Lipinski definition) is 4. The molecule has 5 nitrogen and oxygen atoms in total. The molecule has 0 amide bonds. The zero-order valence-electron chi connectivity index (χ0n) is 32.5. The van der Waals surface area contributed by atoms with E-state index in [9.17, 15) is 71.9 Å². The maximum absolute atomic E-state index is 13.1. The van der Waals surface area contributed by atoms with Crippen molar-refractivity contribution in [1.82, 2.24) is 0 Å². The van der Waals surface area contributed by atoms with E-state index in [1.807, 2.05) is 0 Å². The molecular weight excluding hydrogens is 860 g/mol. The second-order valence-corrected chi connectivity index (χ2v) is 14.3. The number of ketones is 3. The third-order valence-corrected chi connectivity index (χ3v) is 9.79. The Morgan fingerprint density at radius 2 is 0.857 bits per heavy atom. The number of rotatable bonds is 7. The van der Waals surface area contributed by atoms with Crippen molar-refractivity contribution in [3.05, 3.63) is 163 Å². The third kappa shape index (κ3) is 12.3. The molecule has 4 aromatic carbocycles. The number of carboxylic acid groups (broad SMARTS) is 1. The van der Waals surface area contributed by atoms with Crippen molar-refractivity contribution in [3.63, 3.8) is 0 Å². The number of hydrogen-bond donors (Lipinski definition) is 1. The molecule has 0 spiro atoms. The van der Waals surface area contributed by atoms with Crippen molar-refractivity contribution < 1.29 is 77.0 Å². The molecule has 0 bridgehead atoms. The number of carbonyl (C=O) groups excluding carboxylic acids is 3. The number of alkyl halides is 12. The van der Waals surface area contributed by atoms with Crippen LogP contribution >= 0.6 is 0 Å². The normalized spacial score (nSPS) is 16.0. The molecule has 1 N–H and O–H groups in total. The molecule has 0 saturated heterocycles. The highest BCUT2D eigenvalue weighted by molar-refractivity contribution is 6.14. The first-order valence-electron chi connectivity index (χ1n) is 18.7. The van der Waals surface area contributed by atoms with Gasteiger partial charge in [0.15, 0.2) is 17.3 Å². The Bertz CT molecular complexity index is 2520. The molecule has 0 atom stereocenters. The average molecular weight is 893 g/mol. The smallest absolute Gasteiger partial charge is 0.416 e. The molecule has 4 aromatic rings. The predicted molar refractivity (Wildman–Crippen MR) is 208 cm³/mol. The summed E-state index contributed by atoms with van der Waals surface area (Å²) >= 11 is 0. The summed E-state index contributed by atoms with van der Waals surface area (Å²) in [5.41, 5.74) is -3.03. The van der Waals surface area contributed by atoms with Crippen LogP contribution in [-0.4, -0.2) is 28.4 Å². The van der Waals surface area contributed by atoms with E-state index in [1.165, 1.54) is 24.3 Å². The van der Waals surface area contributed by atoms with Gasteiger partial charge < -0.3 is 5.11 Å². The second-order valence-electron chi connectivity index (χ2n) is 14.3. The fourth-order valence-electron chi connectivity index (χ4n) is 6.68. The van der Waals surface area contributed by atoms with Crippen LogP contribution in [0.3, 0.4) is 0 Å².